The van der Waals surface area contributed by atoms with Crippen LogP contribution in [-0.4, -0.2) is 40.8 Å². The topological polar surface area (TPSA) is 115 Å². The van der Waals surface area contributed by atoms with Crippen LogP contribution in [0.5, 0.6) is 0 Å². The Balaban J connectivity index is 0. The zero-order valence-electron chi connectivity index (χ0n) is 9.65. The van der Waals surface area contributed by atoms with Gasteiger partial charge in [-0.05, 0) is 26.7 Å². The van der Waals surface area contributed by atoms with Gasteiger partial charge in [0.2, 0.25) is 0 Å². The maximum atomic E-state index is 11.0. The third kappa shape index (κ3) is 7.19. The van der Waals surface area contributed by atoms with E-state index in [0.717, 1.165) is 0 Å². The van der Waals surface area contributed by atoms with Gasteiger partial charge in [-0.1, -0.05) is 0 Å². The number of ether oxygens (including phenoxy) is 1. The molecule has 0 saturated carbocycles. The van der Waals surface area contributed by atoms with Gasteiger partial charge >= 0.3 is 11.9 Å². The molecule has 0 aliphatic heterocycles. The van der Waals surface area contributed by atoms with E-state index in [1.807, 2.05) is 0 Å². The van der Waals surface area contributed by atoms with Gasteiger partial charge in [0.25, 0.3) is 0 Å². The van der Waals surface area contributed by atoms with Crippen LogP contribution in [-0.2, 0) is 14.3 Å². The molecule has 0 rings (SSSR count). The van der Waals surface area contributed by atoms with Crippen LogP contribution in [0.15, 0.2) is 0 Å². The minimum atomic E-state index is -0.869. The second-order valence-electron chi connectivity index (χ2n) is 3.99. The van der Waals surface area contributed by atoms with Crippen molar-refractivity contribution in [2.24, 2.45) is 5.41 Å². The van der Waals surface area contributed by atoms with E-state index in [1.165, 1.54) is 0 Å². The zero-order chi connectivity index (χ0) is 11.9. The summed E-state index contributed by atoms with van der Waals surface area (Å²) in [6.07, 6.45) is 1.09. The molecule has 0 amide bonds. The quantitative estimate of drug-likeness (QED) is 0.602. The highest BCUT2D eigenvalue weighted by Gasteiger charge is 2.26. The predicted molar refractivity (Wildman–Crippen MR) is 56.9 cm³/mol. The Hall–Kier alpha value is -1.14. The van der Waals surface area contributed by atoms with Crippen molar-refractivity contribution in [3.05, 3.63) is 0 Å². The molecule has 0 fully saturated rings. The molecule has 0 saturated heterocycles. The molecular formula is C10H20O6. The molecule has 16 heavy (non-hydrogen) atoms. The fourth-order valence-electron chi connectivity index (χ4n) is 1.01. The van der Waals surface area contributed by atoms with Gasteiger partial charge in [-0.15, -0.1) is 0 Å². The fraction of sp³-hybridized carbons (Fsp3) is 0.800. The number of carboxylic acid groups (broad SMARTS) is 1. The van der Waals surface area contributed by atoms with Gasteiger partial charge in [0.1, 0.15) is 6.61 Å². The first-order valence-corrected chi connectivity index (χ1v) is 4.90. The molecule has 0 bridgehead atoms. The molecule has 0 spiro atoms. The first-order chi connectivity index (χ1) is 6.90. The number of esters is 1. The zero-order valence-corrected chi connectivity index (χ0v) is 9.65. The van der Waals surface area contributed by atoms with Crippen LogP contribution >= 0.6 is 0 Å². The molecule has 0 aliphatic rings. The number of carbonyl (C=O) groups is 2. The highest BCUT2D eigenvalue weighted by molar-refractivity contribution is 5.73. The van der Waals surface area contributed by atoms with Crippen LogP contribution in [0, 0.1) is 5.41 Å². The van der Waals surface area contributed by atoms with Gasteiger partial charge in [0.05, 0.1) is 12.0 Å². The van der Waals surface area contributed by atoms with Crippen molar-refractivity contribution < 1.29 is 30.0 Å². The average Bonchev–Trinajstić information content (AvgIpc) is 2.14. The van der Waals surface area contributed by atoms with E-state index in [-0.39, 0.29) is 25.1 Å². The van der Waals surface area contributed by atoms with Crippen molar-refractivity contribution in [3.8, 4) is 0 Å². The molecule has 0 aliphatic carbocycles. The van der Waals surface area contributed by atoms with Crippen LogP contribution in [0.4, 0.5) is 0 Å². The second kappa shape index (κ2) is 8.06. The Bertz CT molecular complexity index is 223. The van der Waals surface area contributed by atoms with Crippen molar-refractivity contribution in [3.63, 3.8) is 0 Å². The molecule has 0 radical (unpaired) electrons. The SMILES string of the molecule is CC(C)(CCCC(=O)OCCO)C(=O)O.O. The molecule has 0 aromatic rings. The molecule has 0 atom stereocenters. The summed E-state index contributed by atoms with van der Waals surface area (Å²) in [5.41, 5.74) is -0.808. The number of carboxylic acids is 1. The Labute approximate surface area is 94.5 Å². The Kier molecular flexibility index (Phi) is 8.70. The number of rotatable bonds is 7. The Morgan fingerprint density at radius 2 is 1.88 bits per heavy atom. The number of hydrogen-bond donors (Lipinski definition) is 2. The lowest BCUT2D eigenvalue weighted by Gasteiger charge is -2.18. The van der Waals surface area contributed by atoms with Gasteiger partial charge in [0, 0.05) is 6.42 Å². The molecule has 0 aromatic heterocycles. The van der Waals surface area contributed by atoms with E-state index in [1.54, 1.807) is 13.8 Å². The predicted octanol–water partition coefficient (Wildman–Crippen LogP) is -0.0217. The number of aliphatic hydroxyl groups excluding tert-OH is 1. The van der Waals surface area contributed by atoms with Crippen LogP contribution in [0.3, 0.4) is 0 Å². The molecule has 6 nitrogen and oxygen atoms in total. The third-order valence-electron chi connectivity index (χ3n) is 2.12. The standard InChI is InChI=1S/C10H18O5.H2O/c1-10(2,9(13)14)5-3-4-8(12)15-7-6-11;/h11H,3-7H2,1-2H3,(H,13,14);1H2. The van der Waals surface area contributed by atoms with E-state index in [9.17, 15) is 9.59 Å². The van der Waals surface area contributed by atoms with Crippen molar-refractivity contribution >= 4 is 11.9 Å². The number of aliphatic carboxylic acids is 1. The summed E-state index contributed by atoms with van der Waals surface area (Å²) in [5, 5.41) is 17.2. The Morgan fingerprint density at radius 3 is 2.31 bits per heavy atom. The summed E-state index contributed by atoms with van der Waals surface area (Å²) >= 11 is 0. The van der Waals surface area contributed by atoms with Gasteiger partial charge in [0.15, 0.2) is 0 Å². The second-order valence-corrected chi connectivity index (χ2v) is 3.99. The number of hydrogen-bond acceptors (Lipinski definition) is 4. The first-order valence-electron chi connectivity index (χ1n) is 4.90. The van der Waals surface area contributed by atoms with Crippen molar-refractivity contribution in [1.29, 1.82) is 0 Å². The van der Waals surface area contributed by atoms with Gasteiger partial charge in [-0.25, -0.2) is 0 Å². The first kappa shape index (κ1) is 17.3. The van der Waals surface area contributed by atoms with E-state index < -0.39 is 17.4 Å². The summed E-state index contributed by atoms with van der Waals surface area (Å²) in [5.74, 6) is -1.27. The molecule has 0 unspecified atom stereocenters. The minimum absolute atomic E-state index is 0. The lowest BCUT2D eigenvalue weighted by molar-refractivity contribution is -0.149. The molecule has 4 N–H and O–H groups in total. The van der Waals surface area contributed by atoms with E-state index in [0.29, 0.717) is 12.8 Å². The van der Waals surface area contributed by atoms with Crippen LogP contribution < -0.4 is 0 Å². The largest absolute Gasteiger partial charge is 0.481 e. The molecular weight excluding hydrogens is 216 g/mol. The maximum Gasteiger partial charge on any atom is 0.309 e. The normalized spacial score (nSPS) is 10.4. The van der Waals surface area contributed by atoms with Crippen LogP contribution in [0.2, 0.25) is 0 Å². The lowest BCUT2D eigenvalue weighted by atomic mass is 9.87. The van der Waals surface area contributed by atoms with Gasteiger partial charge in [-0.3, -0.25) is 9.59 Å². The Morgan fingerprint density at radius 1 is 1.31 bits per heavy atom. The lowest BCUT2D eigenvalue weighted by Crippen LogP contribution is -2.23. The van der Waals surface area contributed by atoms with Gasteiger partial charge < -0.3 is 20.4 Å². The summed E-state index contributed by atoms with van der Waals surface area (Å²) < 4.78 is 4.63. The third-order valence-corrected chi connectivity index (χ3v) is 2.12. The summed E-state index contributed by atoms with van der Waals surface area (Å²) in [4.78, 5) is 21.7. The smallest absolute Gasteiger partial charge is 0.309 e. The average molecular weight is 236 g/mol. The van der Waals surface area contributed by atoms with Crippen LogP contribution in [0.25, 0.3) is 0 Å². The molecule has 6 heteroatoms. The highest BCUT2D eigenvalue weighted by Crippen LogP contribution is 2.23. The van der Waals surface area contributed by atoms with Crippen LogP contribution in [0.1, 0.15) is 33.1 Å². The fourth-order valence-corrected chi connectivity index (χ4v) is 1.01. The summed E-state index contributed by atoms with van der Waals surface area (Å²) in [6, 6.07) is 0. The van der Waals surface area contributed by atoms with Crippen molar-refractivity contribution in [2.75, 3.05) is 13.2 Å². The maximum absolute atomic E-state index is 11.0. The van der Waals surface area contributed by atoms with Gasteiger partial charge in [-0.2, -0.15) is 0 Å². The summed E-state index contributed by atoms with van der Waals surface area (Å²) in [7, 11) is 0. The highest BCUT2D eigenvalue weighted by atomic mass is 16.5. The van der Waals surface area contributed by atoms with Crippen molar-refractivity contribution in [2.45, 2.75) is 33.1 Å². The van der Waals surface area contributed by atoms with E-state index >= 15 is 0 Å². The number of carbonyl (C=O) groups excluding carboxylic acids is 1. The molecule has 0 heterocycles. The number of aliphatic hydroxyl groups is 1. The summed E-state index contributed by atoms with van der Waals surface area (Å²) in [6.45, 7) is 3.05. The monoisotopic (exact) mass is 236 g/mol. The van der Waals surface area contributed by atoms with E-state index in [2.05, 4.69) is 4.74 Å². The minimum Gasteiger partial charge on any atom is -0.481 e. The van der Waals surface area contributed by atoms with Crippen molar-refractivity contribution in [1.82, 2.24) is 0 Å². The van der Waals surface area contributed by atoms with E-state index in [4.69, 9.17) is 10.2 Å². The molecule has 96 valence electrons. The molecule has 0 aromatic carbocycles.